The number of carbonyl (C=O) groups is 3. The van der Waals surface area contributed by atoms with Crippen LogP contribution in [0.3, 0.4) is 0 Å². The number of benzene rings is 2. The fourth-order valence-electron chi connectivity index (χ4n) is 4.56. The molecule has 0 saturated heterocycles. The lowest BCUT2D eigenvalue weighted by atomic mass is 9.96. The topological polar surface area (TPSA) is 105 Å². The number of nitrogens with one attached hydrogen (secondary N) is 2. The average molecular weight is 481 g/mol. The first-order chi connectivity index (χ1) is 16.9. The number of hydrogen-bond donors (Lipinski definition) is 3. The van der Waals surface area contributed by atoms with Gasteiger partial charge in [-0.3, -0.25) is 9.59 Å². The van der Waals surface area contributed by atoms with E-state index in [9.17, 15) is 14.4 Å². The van der Waals surface area contributed by atoms with Gasteiger partial charge in [0.2, 0.25) is 5.91 Å². The van der Waals surface area contributed by atoms with Gasteiger partial charge in [-0.25, -0.2) is 4.79 Å². The highest BCUT2D eigenvalue weighted by atomic mass is 16.5. The summed E-state index contributed by atoms with van der Waals surface area (Å²) in [6.07, 6.45) is 2.79. The van der Waals surface area contributed by atoms with E-state index in [2.05, 4.69) is 41.8 Å². The average Bonchev–Trinajstić information content (AvgIpc) is 3.18. The number of carboxylic acid groups (broad SMARTS) is 1. The van der Waals surface area contributed by atoms with Crippen molar-refractivity contribution in [2.45, 2.75) is 51.9 Å². The van der Waals surface area contributed by atoms with Crippen LogP contribution >= 0.6 is 0 Å². The first kappa shape index (κ1) is 26.3. The summed E-state index contributed by atoms with van der Waals surface area (Å²) in [4.78, 5) is 35.2. The molecule has 0 bridgehead atoms. The molecule has 1 aliphatic carbocycles. The molecule has 35 heavy (non-hydrogen) atoms. The Labute approximate surface area is 207 Å². The van der Waals surface area contributed by atoms with Crippen molar-refractivity contribution in [1.82, 2.24) is 10.6 Å². The molecular weight excluding hydrogens is 444 g/mol. The van der Waals surface area contributed by atoms with E-state index >= 15 is 0 Å². The Morgan fingerprint density at radius 3 is 2.11 bits per heavy atom. The van der Waals surface area contributed by atoms with Crippen LogP contribution in [0.5, 0.6) is 0 Å². The second-order valence-corrected chi connectivity index (χ2v) is 9.23. The standard InChI is InChI=1S/C28H36N2O5/c1-3-20(12-13-26(31)29-16-14-19(2)27(32)33)15-17-30-28(34)35-18-25-23-10-6-4-8-21(23)22-9-5-7-11-24(22)25/h4-11,19-20,25H,3,12-18H2,1-2H3,(H,29,31)(H,30,34)(H,32,33). The van der Waals surface area contributed by atoms with Crippen LogP contribution in [-0.4, -0.2) is 42.8 Å². The quantitative estimate of drug-likeness (QED) is 0.376. The Hall–Kier alpha value is -3.35. The molecule has 2 unspecified atom stereocenters. The maximum Gasteiger partial charge on any atom is 0.407 e. The highest BCUT2D eigenvalue weighted by molar-refractivity contribution is 5.79. The van der Waals surface area contributed by atoms with Gasteiger partial charge in [-0.2, -0.15) is 0 Å². The van der Waals surface area contributed by atoms with Crippen molar-refractivity contribution in [2.24, 2.45) is 11.8 Å². The second-order valence-electron chi connectivity index (χ2n) is 9.23. The molecule has 2 atom stereocenters. The van der Waals surface area contributed by atoms with Gasteiger partial charge >= 0.3 is 12.1 Å². The van der Waals surface area contributed by atoms with E-state index in [1.54, 1.807) is 6.92 Å². The summed E-state index contributed by atoms with van der Waals surface area (Å²) in [6.45, 7) is 4.85. The van der Waals surface area contributed by atoms with E-state index in [1.807, 2.05) is 24.3 Å². The molecule has 1 aliphatic rings. The van der Waals surface area contributed by atoms with Crippen LogP contribution in [-0.2, 0) is 14.3 Å². The van der Waals surface area contributed by atoms with Crippen molar-refractivity contribution in [3.8, 4) is 11.1 Å². The third-order valence-electron chi connectivity index (χ3n) is 6.84. The SMILES string of the molecule is CCC(CCNC(=O)OCC1c2ccccc2-c2ccccc21)CCC(=O)NCCC(C)C(=O)O. The smallest absolute Gasteiger partial charge is 0.407 e. The maximum absolute atomic E-state index is 12.3. The monoisotopic (exact) mass is 480 g/mol. The Morgan fingerprint density at radius 2 is 1.51 bits per heavy atom. The van der Waals surface area contributed by atoms with Crippen LogP contribution < -0.4 is 10.6 Å². The minimum absolute atomic E-state index is 0.0357. The molecule has 0 spiro atoms. The summed E-state index contributed by atoms with van der Waals surface area (Å²) in [7, 11) is 0. The largest absolute Gasteiger partial charge is 0.481 e. The summed E-state index contributed by atoms with van der Waals surface area (Å²) in [5.74, 6) is -1.04. The summed E-state index contributed by atoms with van der Waals surface area (Å²) in [5.41, 5.74) is 4.76. The highest BCUT2D eigenvalue weighted by Crippen LogP contribution is 2.44. The van der Waals surface area contributed by atoms with Gasteiger partial charge in [0.1, 0.15) is 6.61 Å². The van der Waals surface area contributed by atoms with E-state index in [0.29, 0.717) is 31.8 Å². The molecule has 0 aliphatic heterocycles. The van der Waals surface area contributed by atoms with Gasteiger partial charge in [0.25, 0.3) is 0 Å². The maximum atomic E-state index is 12.3. The first-order valence-corrected chi connectivity index (χ1v) is 12.5. The van der Waals surface area contributed by atoms with Crippen molar-refractivity contribution in [3.05, 3.63) is 59.7 Å². The normalized spacial score (nSPS) is 13.9. The molecular formula is C28H36N2O5. The predicted molar refractivity (Wildman–Crippen MR) is 135 cm³/mol. The summed E-state index contributed by atoms with van der Waals surface area (Å²) < 4.78 is 5.58. The third-order valence-corrected chi connectivity index (χ3v) is 6.84. The van der Waals surface area contributed by atoms with Gasteiger partial charge in [0.05, 0.1) is 5.92 Å². The number of carbonyl (C=O) groups excluding carboxylic acids is 2. The number of carboxylic acids is 1. The van der Waals surface area contributed by atoms with Gasteiger partial charge in [-0.15, -0.1) is 0 Å². The zero-order chi connectivity index (χ0) is 25.2. The fourth-order valence-corrected chi connectivity index (χ4v) is 4.56. The molecule has 2 aromatic rings. The van der Waals surface area contributed by atoms with Crippen molar-refractivity contribution >= 4 is 18.0 Å². The van der Waals surface area contributed by atoms with Crippen LogP contribution in [0, 0.1) is 11.8 Å². The first-order valence-electron chi connectivity index (χ1n) is 12.5. The van der Waals surface area contributed by atoms with E-state index < -0.39 is 18.0 Å². The Kier molecular flexibility index (Phi) is 9.70. The van der Waals surface area contributed by atoms with Gasteiger partial charge in [0, 0.05) is 25.4 Å². The van der Waals surface area contributed by atoms with Crippen LogP contribution in [0.4, 0.5) is 4.79 Å². The number of amides is 2. The molecule has 2 amide bonds. The van der Waals surface area contributed by atoms with Gasteiger partial charge < -0.3 is 20.5 Å². The Balaban J connectivity index is 1.36. The molecule has 0 aromatic heterocycles. The molecule has 0 radical (unpaired) electrons. The van der Waals surface area contributed by atoms with Gasteiger partial charge in [0.15, 0.2) is 0 Å². The minimum Gasteiger partial charge on any atom is -0.481 e. The zero-order valence-corrected chi connectivity index (χ0v) is 20.6. The van der Waals surface area contributed by atoms with Crippen molar-refractivity contribution < 1.29 is 24.2 Å². The molecule has 7 heteroatoms. The molecule has 0 heterocycles. The summed E-state index contributed by atoms with van der Waals surface area (Å²) in [5, 5.41) is 14.5. The van der Waals surface area contributed by atoms with Gasteiger partial charge in [-0.1, -0.05) is 68.8 Å². The second kappa shape index (κ2) is 12.9. The molecule has 188 valence electrons. The lowest BCUT2D eigenvalue weighted by Crippen LogP contribution is -2.29. The number of alkyl carbamates (subject to hydrolysis) is 1. The van der Waals surface area contributed by atoms with E-state index in [1.165, 1.54) is 22.3 Å². The summed E-state index contributed by atoms with van der Waals surface area (Å²) in [6, 6.07) is 16.5. The Morgan fingerprint density at radius 1 is 0.914 bits per heavy atom. The zero-order valence-electron chi connectivity index (χ0n) is 20.6. The minimum atomic E-state index is -0.853. The van der Waals surface area contributed by atoms with Crippen molar-refractivity contribution in [3.63, 3.8) is 0 Å². The number of aliphatic carboxylic acids is 1. The van der Waals surface area contributed by atoms with Crippen molar-refractivity contribution in [1.29, 1.82) is 0 Å². The molecule has 3 N–H and O–H groups in total. The number of ether oxygens (including phenoxy) is 1. The molecule has 0 fully saturated rings. The van der Waals surface area contributed by atoms with E-state index in [0.717, 1.165) is 19.3 Å². The highest BCUT2D eigenvalue weighted by Gasteiger charge is 2.29. The molecule has 7 nitrogen and oxygen atoms in total. The predicted octanol–water partition coefficient (Wildman–Crippen LogP) is 4.95. The van der Waals surface area contributed by atoms with Crippen LogP contribution in [0.1, 0.15) is 63.0 Å². The lowest BCUT2D eigenvalue weighted by molar-refractivity contribution is -0.141. The Bertz CT molecular complexity index is 976. The van der Waals surface area contributed by atoms with Gasteiger partial charge in [-0.05, 0) is 47.4 Å². The van der Waals surface area contributed by atoms with Crippen LogP contribution in [0.15, 0.2) is 48.5 Å². The van der Waals surface area contributed by atoms with E-state index in [-0.39, 0.29) is 18.4 Å². The number of rotatable bonds is 13. The summed E-state index contributed by atoms with van der Waals surface area (Å²) >= 11 is 0. The lowest BCUT2D eigenvalue weighted by Gasteiger charge is -2.17. The number of hydrogen-bond acceptors (Lipinski definition) is 4. The third kappa shape index (κ3) is 7.31. The van der Waals surface area contributed by atoms with Crippen LogP contribution in [0.25, 0.3) is 11.1 Å². The van der Waals surface area contributed by atoms with Crippen molar-refractivity contribution in [2.75, 3.05) is 19.7 Å². The van der Waals surface area contributed by atoms with E-state index in [4.69, 9.17) is 9.84 Å². The number of fused-ring (bicyclic) bond motifs is 3. The van der Waals surface area contributed by atoms with Crippen LogP contribution in [0.2, 0.25) is 0 Å². The molecule has 3 rings (SSSR count). The molecule has 0 saturated carbocycles. The molecule has 2 aromatic carbocycles. The fraction of sp³-hybridized carbons (Fsp3) is 0.464.